The molecule has 1 saturated carbocycles. The number of aryl methyl sites for hydroxylation is 2. The van der Waals surface area contributed by atoms with E-state index in [9.17, 15) is 4.79 Å². The second-order valence-electron chi connectivity index (χ2n) is 7.02. The Hall–Kier alpha value is -1.65. The molecule has 2 heterocycles. The number of carbonyl (C=O) groups excluding carboxylic acids is 1. The van der Waals surface area contributed by atoms with Crippen LogP contribution in [-0.4, -0.2) is 39.9 Å². The van der Waals surface area contributed by atoms with Crippen LogP contribution in [0.3, 0.4) is 0 Å². The lowest BCUT2D eigenvalue weighted by Gasteiger charge is -2.35. The van der Waals surface area contributed by atoms with Gasteiger partial charge in [0, 0.05) is 36.8 Å². The quantitative estimate of drug-likeness (QED) is 0.931. The molecule has 0 aromatic carbocycles. The Morgan fingerprint density at radius 2 is 1.78 bits per heavy atom. The molecular weight excluding hydrogens is 288 g/mol. The van der Waals surface area contributed by atoms with E-state index in [1.165, 1.54) is 19.3 Å². The molecule has 3 rings (SSSR count). The third-order valence-corrected chi connectivity index (χ3v) is 5.08. The average Bonchev–Trinajstić information content (AvgIpc) is 2.55. The van der Waals surface area contributed by atoms with Crippen LogP contribution in [0.2, 0.25) is 0 Å². The van der Waals surface area contributed by atoms with Crippen LogP contribution in [0.15, 0.2) is 6.07 Å². The average molecular weight is 316 g/mol. The lowest BCUT2D eigenvalue weighted by atomic mass is 9.87. The summed E-state index contributed by atoms with van der Waals surface area (Å²) in [7, 11) is 0. The summed E-state index contributed by atoms with van der Waals surface area (Å²) in [5.74, 6) is 2.40. The molecule has 1 N–H and O–H groups in total. The molecule has 5 heteroatoms. The molecule has 5 nitrogen and oxygen atoms in total. The zero-order chi connectivity index (χ0) is 16.2. The van der Waals surface area contributed by atoms with Crippen molar-refractivity contribution in [2.75, 3.05) is 18.4 Å². The molecule has 2 aliphatic rings. The molecule has 126 valence electrons. The summed E-state index contributed by atoms with van der Waals surface area (Å²) < 4.78 is 0. The lowest BCUT2D eigenvalue weighted by molar-refractivity contribution is -0.137. The predicted octanol–water partition coefficient (Wildman–Crippen LogP) is 3.08. The van der Waals surface area contributed by atoms with Gasteiger partial charge in [-0.25, -0.2) is 9.97 Å². The first-order chi connectivity index (χ1) is 11.1. The number of likely N-dealkylation sites (tertiary alicyclic amines) is 1. The van der Waals surface area contributed by atoms with E-state index in [4.69, 9.17) is 0 Å². The van der Waals surface area contributed by atoms with Crippen molar-refractivity contribution in [3.05, 3.63) is 17.6 Å². The number of nitrogens with zero attached hydrogens (tertiary/aromatic N) is 3. The van der Waals surface area contributed by atoms with Crippen LogP contribution >= 0.6 is 0 Å². The highest BCUT2D eigenvalue weighted by atomic mass is 16.2. The molecule has 0 atom stereocenters. The SMILES string of the molecule is Cc1cc(NC2CCN(C(=O)C3CCCCC3)CC2)nc(C)n1. The highest BCUT2D eigenvalue weighted by molar-refractivity contribution is 5.79. The normalized spacial score (nSPS) is 20.5. The fourth-order valence-corrected chi connectivity index (χ4v) is 3.85. The summed E-state index contributed by atoms with van der Waals surface area (Å²) in [6.07, 6.45) is 7.93. The molecule has 0 radical (unpaired) electrons. The van der Waals surface area contributed by atoms with E-state index in [2.05, 4.69) is 20.2 Å². The van der Waals surface area contributed by atoms with Crippen LogP contribution in [-0.2, 0) is 4.79 Å². The largest absolute Gasteiger partial charge is 0.367 e. The molecular formula is C18H28N4O. The summed E-state index contributed by atoms with van der Waals surface area (Å²) >= 11 is 0. The Labute approximate surface area is 138 Å². The fourth-order valence-electron chi connectivity index (χ4n) is 3.85. The fraction of sp³-hybridized carbons (Fsp3) is 0.722. The van der Waals surface area contributed by atoms with Gasteiger partial charge in [-0.1, -0.05) is 19.3 Å². The van der Waals surface area contributed by atoms with Gasteiger partial charge in [0.05, 0.1) is 0 Å². The van der Waals surface area contributed by atoms with Gasteiger partial charge in [0.25, 0.3) is 0 Å². The number of carbonyl (C=O) groups is 1. The summed E-state index contributed by atoms with van der Waals surface area (Å²) in [6, 6.07) is 2.39. The van der Waals surface area contributed by atoms with Gasteiger partial charge < -0.3 is 10.2 Å². The number of hydrogen-bond acceptors (Lipinski definition) is 4. The van der Waals surface area contributed by atoms with E-state index in [1.54, 1.807) is 0 Å². The van der Waals surface area contributed by atoms with Crippen molar-refractivity contribution in [1.29, 1.82) is 0 Å². The number of anilines is 1. The molecule has 1 aliphatic heterocycles. The van der Waals surface area contributed by atoms with Crippen molar-refractivity contribution in [2.45, 2.75) is 64.8 Å². The second kappa shape index (κ2) is 7.28. The summed E-state index contributed by atoms with van der Waals surface area (Å²) in [6.45, 7) is 5.65. The van der Waals surface area contributed by atoms with Crippen molar-refractivity contribution in [3.8, 4) is 0 Å². The van der Waals surface area contributed by atoms with Crippen LogP contribution in [0.5, 0.6) is 0 Å². The van der Waals surface area contributed by atoms with Gasteiger partial charge in [-0.15, -0.1) is 0 Å². The van der Waals surface area contributed by atoms with Crippen molar-refractivity contribution in [1.82, 2.24) is 14.9 Å². The highest BCUT2D eigenvalue weighted by Crippen LogP contribution is 2.27. The maximum absolute atomic E-state index is 12.6. The number of nitrogens with one attached hydrogen (secondary N) is 1. The first kappa shape index (κ1) is 16.2. The minimum absolute atomic E-state index is 0.292. The number of aromatic nitrogens is 2. The standard InChI is InChI=1S/C18H28N4O/c1-13-12-17(20-14(2)19-13)21-16-8-10-22(11-9-16)18(23)15-6-4-3-5-7-15/h12,15-16H,3-11H2,1-2H3,(H,19,20,21). The van der Waals surface area contributed by atoms with Crippen molar-refractivity contribution in [3.63, 3.8) is 0 Å². The minimum atomic E-state index is 0.292. The monoisotopic (exact) mass is 316 g/mol. The van der Waals surface area contributed by atoms with Crippen LogP contribution in [0, 0.1) is 19.8 Å². The zero-order valence-corrected chi connectivity index (χ0v) is 14.3. The maximum Gasteiger partial charge on any atom is 0.225 e. The Bertz CT molecular complexity index is 526. The van der Waals surface area contributed by atoms with E-state index < -0.39 is 0 Å². The molecule has 1 aliphatic carbocycles. The van der Waals surface area contributed by atoms with E-state index in [0.717, 1.165) is 56.1 Å². The van der Waals surface area contributed by atoms with Crippen LogP contribution < -0.4 is 5.32 Å². The van der Waals surface area contributed by atoms with Gasteiger partial charge in [-0.2, -0.15) is 0 Å². The lowest BCUT2D eigenvalue weighted by Crippen LogP contribution is -2.45. The smallest absolute Gasteiger partial charge is 0.225 e. The Morgan fingerprint density at radius 3 is 2.43 bits per heavy atom. The van der Waals surface area contributed by atoms with E-state index in [-0.39, 0.29) is 0 Å². The molecule has 2 fully saturated rings. The number of amides is 1. The van der Waals surface area contributed by atoms with Gasteiger partial charge in [0.15, 0.2) is 0 Å². The van der Waals surface area contributed by atoms with Gasteiger partial charge >= 0.3 is 0 Å². The third kappa shape index (κ3) is 4.21. The molecule has 0 unspecified atom stereocenters. The van der Waals surface area contributed by atoms with Crippen molar-refractivity contribution in [2.24, 2.45) is 5.92 Å². The maximum atomic E-state index is 12.6. The van der Waals surface area contributed by atoms with Crippen LogP contribution in [0.1, 0.15) is 56.5 Å². The number of hydrogen-bond donors (Lipinski definition) is 1. The number of rotatable bonds is 3. The second-order valence-corrected chi connectivity index (χ2v) is 7.02. The third-order valence-electron chi connectivity index (χ3n) is 5.08. The molecule has 23 heavy (non-hydrogen) atoms. The molecule has 1 aromatic rings. The topological polar surface area (TPSA) is 58.1 Å². The molecule has 1 amide bonds. The molecule has 0 spiro atoms. The predicted molar refractivity (Wildman–Crippen MR) is 91.3 cm³/mol. The summed E-state index contributed by atoms with van der Waals surface area (Å²) in [5, 5.41) is 3.51. The van der Waals surface area contributed by atoms with Gasteiger partial charge in [0.1, 0.15) is 11.6 Å². The van der Waals surface area contributed by atoms with Crippen LogP contribution in [0.4, 0.5) is 5.82 Å². The Balaban J connectivity index is 1.50. The Morgan fingerprint density at radius 1 is 1.09 bits per heavy atom. The zero-order valence-electron chi connectivity index (χ0n) is 14.3. The van der Waals surface area contributed by atoms with Crippen LogP contribution in [0.25, 0.3) is 0 Å². The molecule has 0 bridgehead atoms. The molecule has 1 saturated heterocycles. The van der Waals surface area contributed by atoms with E-state index in [1.807, 2.05) is 19.9 Å². The summed E-state index contributed by atoms with van der Waals surface area (Å²) in [4.78, 5) is 23.4. The Kier molecular flexibility index (Phi) is 5.13. The van der Waals surface area contributed by atoms with Gasteiger partial charge in [0.2, 0.25) is 5.91 Å². The van der Waals surface area contributed by atoms with Gasteiger partial charge in [-0.05, 0) is 39.5 Å². The molecule has 1 aromatic heterocycles. The highest BCUT2D eigenvalue weighted by Gasteiger charge is 2.29. The first-order valence-corrected chi connectivity index (χ1v) is 8.99. The van der Waals surface area contributed by atoms with Crippen molar-refractivity contribution < 1.29 is 4.79 Å². The van der Waals surface area contributed by atoms with Crippen molar-refractivity contribution >= 4 is 11.7 Å². The van der Waals surface area contributed by atoms with E-state index in [0.29, 0.717) is 17.9 Å². The first-order valence-electron chi connectivity index (χ1n) is 8.99. The number of piperidine rings is 1. The summed E-state index contributed by atoms with van der Waals surface area (Å²) in [5.41, 5.74) is 0.991. The van der Waals surface area contributed by atoms with E-state index >= 15 is 0 Å². The minimum Gasteiger partial charge on any atom is -0.367 e. The van der Waals surface area contributed by atoms with Gasteiger partial charge in [-0.3, -0.25) is 4.79 Å².